The van der Waals surface area contributed by atoms with E-state index in [2.05, 4.69) is 4.98 Å². The smallest absolute Gasteiger partial charge is 0.296 e. The van der Waals surface area contributed by atoms with E-state index >= 15 is 0 Å². The maximum absolute atomic E-state index is 13.2. The lowest BCUT2D eigenvalue weighted by Crippen LogP contribution is -2.29. The maximum atomic E-state index is 13.2. The monoisotopic (exact) mass is 442 g/mol. The molecule has 2 aliphatic rings. The fraction of sp³-hybridized carbons (Fsp3) is 0.192. The van der Waals surface area contributed by atoms with Gasteiger partial charge in [-0.3, -0.25) is 14.6 Å². The predicted octanol–water partition coefficient (Wildman–Crippen LogP) is 3.78. The molecule has 1 unspecified atom stereocenters. The number of likely N-dealkylation sites (tertiary alicyclic amines) is 1. The predicted molar refractivity (Wildman–Crippen MR) is 121 cm³/mol. The molecule has 2 aliphatic heterocycles. The number of carbonyl (C=O) groups excluding carboxylic acids is 2. The van der Waals surface area contributed by atoms with Crippen LogP contribution in [0, 0.1) is 6.92 Å². The molecule has 0 saturated carbocycles. The summed E-state index contributed by atoms with van der Waals surface area (Å²) >= 11 is 0. The highest BCUT2D eigenvalue weighted by Gasteiger charge is 2.46. The molecule has 1 aromatic heterocycles. The second-order valence-electron chi connectivity index (χ2n) is 8.02. The minimum absolute atomic E-state index is 0.0400. The number of amides is 1. The van der Waals surface area contributed by atoms with E-state index in [4.69, 9.17) is 9.47 Å². The molecule has 0 aliphatic carbocycles. The minimum Gasteiger partial charge on any atom is -0.507 e. The second kappa shape index (κ2) is 8.43. The lowest BCUT2D eigenvalue weighted by atomic mass is 9.94. The third kappa shape index (κ3) is 3.82. The van der Waals surface area contributed by atoms with Crippen LogP contribution in [0.25, 0.3) is 5.76 Å². The van der Waals surface area contributed by atoms with Crippen molar-refractivity contribution in [3.05, 3.63) is 94.8 Å². The van der Waals surface area contributed by atoms with Gasteiger partial charge in [0, 0.05) is 11.8 Å². The molecular weight excluding hydrogens is 420 g/mol. The van der Waals surface area contributed by atoms with Crippen LogP contribution in [0.1, 0.15) is 28.4 Å². The zero-order valence-corrected chi connectivity index (χ0v) is 18.0. The number of aliphatic hydroxyl groups excluding tert-OH is 1. The molecule has 3 aromatic rings. The summed E-state index contributed by atoms with van der Waals surface area (Å²) in [5.41, 5.74) is 2.79. The number of ether oxygens (including phenoxy) is 2. The summed E-state index contributed by atoms with van der Waals surface area (Å²) in [5, 5.41) is 11.3. The van der Waals surface area contributed by atoms with Crippen LogP contribution in [-0.2, 0) is 16.1 Å². The summed E-state index contributed by atoms with van der Waals surface area (Å²) in [6.07, 6.45) is 1.64. The van der Waals surface area contributed by atoms with Crippen molar-refractivity contribution >= 4 is 17.4 Å². The molecule has 33 heavy (non-hydrogen) atoms. The van der Waals surface area contributed by atoms with Crippen molar-refractivity contribution in [3.8, 4) is 11.5 Å². The fourth-order valence-electron chi connectivity index (χ4n) is 4.24. The summed E-state index contributed by atoms with van der Waals surface area (Å²) in [7, 11) is 0. The van der Waals surface area contributed by atoms with E-state index in [1.54, 1.807) is 36.5 Å². The first-order chi connectivity index (χ1) is 16.0. The average Bonchev–Trinajstić information content (AvgIpc) is 3.09. The van der Waals surface area contributed by atoms with Gasteiger partial charge in [-0.1, -0.05) is 35.9 Å². The van der Waals surface area contributed by atoms with E-state index in [1.165, 1.54) is 4.90 Å². The Morgan fingerprint density at radius 3 is 2.61 bits per heavy atom. The lowest BCUT2D eigenvalue weighted by molar-refractivity contribution is -0.140. The van der Waals surface area contributed by atoms with Gasteiger partial charge in [-0.05, 0) is 42.8 Å². The molecule has 0 radical (unpaired) electrons. The molecule has 7 heteroatoms. The Morgan fingerprint density at radius 1 is 1.03 bits per heavy atom. The number of hydrogen-bond acceptors (Lipinski definition) is 6. The van der Waals surface area contributed by atoms with Gasteiger partial charge in [-0.25, -0.2) is 0 Å². The topological polar surface area (TPSA) is 89.0 Å². The number of pyridine rings is 1. The van der Waals surface area contributed by atoms with E-state index in [1.807, 2.05) is 37.3 Å². The number of carbonyl (C=O) groups is 2. The van der Waals surface area contributed by atoms with Crippen molar-refractivity contribution in [2.75, 3.05) is 13.2 Å². The van der Waals surface area contributed by atoms with Crippen LogP contribution in [0.2, 0.25) is 0 Å². The Hall–Kier alpha value is -4.13. The molecule has 1 N–H and O–H groups in total. The third-order valence-electron chi connectivity index (χ3n) is 5.77. The normalized spacial score (nSPS) is 19.1. The molecule has 0 spiro atoms. The fourth-order valence-corrected chi connectivity index (χ4v) is 4.24. The molecule has 5 rings (SSSR count). The molecular formula is C26H22N2O5. The van der Waals surface area contributed by atoms with Crippen molar-refractivity contribution < 1.29 is 24.2 Å². The molecule has 1 saturated heterocycles. The molecule has 1 fully saturated rings. The Bertz CT molecular complexity index is 1270. The van der Waals surface area contributed by atoms with E-state index in [0.717, 1.165) is 11.1 Å². The summed E-state index contributed by atoms with van der Waals surface area (Å²) in [6, 6.07) is 17.2. The van der Waals surface area contributed by atoms with E-state index in [0.29, 0.717) is 36.0 Å². The van der Waals surface area contributed by atoms with Gasteiger partial charge in [0.1, 0.15) is 19.0 Å². The zero-order valence-electron chi connectivity index (χ0n) is 18.0. The number of Topliss-reactive ketones (excluding diaryl/α,β-unsaturated/α-hetero) is 1. The van der Waals surface area contributed by atoms with E-state index < -0.39 is 17.7 Å². The van der Waals surface area contributed by atoms with Crippen LogP contribution in [0.15, 0.2) is 72.4 Å². The first-order valence-electron chi connectivity index (χ1n) is 10.7. The molecule has 7 nitrogen and oxygen atoms in total. The summed E-state index contributed by atoms with van der Waals surface area (Å²) in [5.74, 6) is -0.597. The van der Waals surface area contributed by atoms with Crippen molar-refractivity contribution in [1.29, 1.82) is 0 Å². The Kier molecular flexibility index (Phi) is 5.30. The van der Waals surface area contributed by atoms with Crippen LogP contribution in [0.4, 0.5) is 0 Å². The highest BCUT2D eigenvalue weighted by Crippen LogP contribution is 2.41. The van der Waals surface area contributed by atoms with Gasteiger partial charge in [0.2, 0.25) is 0 Å². The summed E-state index contributed by atoms with van der Waals surface area (Å²) in [4.78, 5) is 32.1. The SMILES string of the molecule is Cc1cccc(C2/C(=C(/O)c3ccc4c(c3)OCCO4)C(=O)C(=O)N2Cc2ccccn2)c1. The Balaban J connectivity index is 1.64. The third-order valence-corrected chi connectivity index (χ3v) is 5.77. The number of ketones is 1. The highest BCUT2D eigenvalue weighted by molar-refractivity contribution is 6.46. The van der Waals surface area contributed by atoms with Crippen molar-refractivity contribution in [2.45, 2.75) is 19.5 Å². The van der Waals surface area contributed by atoms with Crippen molar-refractivity contribution in [3.63, 3.8) is 0 Å². The van der Waals surface area contributed by atoms with Gasteiger partial charge in [-0.2, -0.15) is 0 Å². The highest BCUT2D eigenvalue weighted by atomic mass is 16.6. The quantitative estimate of drug-likeness (QED) is 0.376. The van der Waals surface area contributed by atoms with Gasteiger partial charge in [0.15, 0.2) is 11.5 Å². The van der Waals surface area contributed by atoms with E-state index in [-0.39, 0.29) is 17.9 Å². The van der Waals surface area contributed by atoms with Crippen molar-refractivity contribution in [2.24, 2.45) is 0 Å². The van der Waals surface area contributed by atoms with Gasteiger partial charge < -0.3 is 19.5 Å². The first kappa shape index (κ1) is 20.8. The molecule has 0 bridgehead atoms. The maximum Gasteiger partial charge on any atom is 0.296 e. The van der Waals surface area contributed by atoms with Crippen LogP contribution in [0.3, 0.4) is 0 Å². The molecule has 3 heterocycles. The number of aromatic nitrogens is 1. The standard InChI is InChI=1S/C26H22N2O5/c1-16-5-4-6-17(13-16)23-22(24(29)18-8-9-20-21(14-18)33-12-11-32-20)25(30)26(31)28(23)15-19-7-2-3-10-27-19/h2-10,13-14,23,29H,11-12,15H2,1H3/b24-22-. The van der Waals surface area contributed by atoms with Crippen LogP contribution >= 0.6 is 0 Å². The van der Waals surface area contributed by atoms with Gasteiger partial charge in [0.25, 0.3) is 11.7 Å². The Labute approximate surface area is 190 Å². The van der Waals surface area contributed by atoms with Crippen molar-refractivity contribution in [1.82, 2.24) is 9.88 Å². The van der Waals surface area contributed by atoms with Crippen LogP contribution < -0.4 is 9.47 Å². The molecule has 1 atom stereocenters. The number of benzene rings is 2. The number of aliphatic hydroxyl groups is 1. The minimum atomic E-state index is -0.750. The zero-order chi connectivity index (χ0) is 22.9. The summed E-state index contributed by atoms with van der Waals surface area (Å²) in [6.45, 7) is 2.93. The number of hydrogen-bond donors (Lipinski definition) is 1. The van der Waals surface area contributed by atoms with Crippen LogP contribution in [-0.4, -0.2) is 39.9 Å². The molecule has 2 aromatic carbocycles. The number of rotatable bonds is 4. The number of nitrogens with zero attached hydrogens (tertiary/aromatic N) is 2. The van der Waals surface area contributed by atoms with E-state index in [9.17, 15) is 14.7 Å². The first-order valence-corrected chi connectivity index (χ1v) is 10.7. The molecule has 1 amide bonds. The van der Waals surface area contributed by atoms with Gasteiger partial charge in [0.05, 0.1) is 23.9 Å². The molecule has 166 valence electrons. The number of aryl methyl sites for hydroxylation is 1. The second-order valence-corrected chi connectivity index (χ2v) is 8.02. The summed E-state index contributed by atoms with van der Waals surface area (Å²) < 4.78 is 11.2. The Morgan fingerprint density at radius 2 is 1.85 bits per heavy atom. The lowest BCUT2D eigenvalue weighted by Gasteiger charge is -2.25. The van der Waals surface area contributed by atoms with Crippen LogP contribution in [0.5, 0.6) is 11.5 Å². The average molecular weight is 442 g/mol. The number of fused-ring (bicyclic) bond motifs is 1. The van der Waals surface area contributed by atoms with Gasteiger partial charge >= 0.3 is 0 Å². The largest absolute Gasteiger partial charge is 0.507 e. The van der Waals surface area contributed by atoms with Gasteiger partial charge in [-0.15, -0.1) is 0 Å².